The van der Waals surface area contributed by atoms with Crippen molar-refractivity contribution in [2.24, 2.45) is 0 Å². The van der Waals surface area contributed by atoms with Crippen LogP contribution in [0.15, 0.2) is 35.1 Å². The molecule has 0 spiro atoms. The maximum Gasteiger partial charge on any atom is 0.207 e. The molecular formula is C15H18BrN3. The number of hydrogen-bond acceptors (Lipinski definition) is 2. The number of rotatable bonds is 3. The van der Waals surface area contributed by atoms with Gasteiger partial charge in [0.2, 0.25) is 5.95 Å². The maximum absolute atomic E-state index is 4.46. The van der Waals surface area contributed by atoms with Crippen molar-refractivity contribution in [1.29, 1.82) is 0 Å². The molecule has 1 aliphatic carbocycles. The first-order chi connectivity index (χ1) is 9.25. The van der Waals surface area contributed by atoms with Crippen LogP contribution >= 0.6 is 15.9 Å². The second-order valence-corrected chi connectivity index (χ2v) is 5.95. The Morgan fingerprint density at radius 1 is 1.32 bits per heavy atom. The molecule has 1 aromatic heterocycles. The Hall–Kier alpha value is -1.29. The average Bonchev–Trinajstić information content (AvgIpc) is 3.05. The molecule has 0 bridgehead atoms. The minimum absolute atomic E-state index is 0.574. The summed E-state index contributed by atoms with van der Waals surface area (Å²) in [6.45, 7) is 2.11. The molecule has 1 fully saturated rings. The zero-order chi connectivity index (χ0) is 13.2. The van der Waals surface area contributed by atoms with E-state index in [-0.39, 0.29) is 0 Å². The Kier molecular flexibility index (Phi) is 3.60. The van der Waals surface area contributed by atoms with Gasteiger partial charge in [-0.1, -0.05) is 25.0 Å². The van der Waals surface area contributed by atoms with Gasteiger partial charge in [-0.3, -0.25) is 4.57 Å². The van der Waals surface area contributed by atoms with Gasteiger partial charge in [0.1, 0.15) is 0 Å². The van der Waals surface area contributed by atoms with E-state index >= 15 is 0 Å². The molecule has 1 aromatic carbocycles. The highest BCUT2D eigenvalue weighted by Gasteiger charge is 2.17. The third-order valence-corrected chi connectivity index (χ3v) is 4.79. The van der Waals surface area contributed by atoms with E-state index in [9.17, 15) is 0 Å². The Labute approximate surface area is 122 Å². The Balaban J connectivity index is 1.92. The van der Waals surface area contributed by atoms with Gasteiger partial charge < -0.3 is 5.32 Å². The van der Waals surface area contributed by atoms with Crippen LogP contribution in [-0.4, -0.2) is 15.6 Å². The maximum atomic E-state index is 4.46. The van der Waals surface area contributed by atoms with Crippen molar-refractivity contribution >= 4 is 21.9 Å². The number of benzene rings is 1. The number of hydrogen-bond donors (Lipinski definition) is 1. The van der Waals surface area contributed by atoms with Crippen LogP contribution in [0.4, 0.5) is 5.95 Å². The van der Waals surface area contributed by atoms with Gasteiger partial charge in [0, 0.05) is 22.9 Å². The van der Waals surface area contributed by atoms with Crippen molar-refractivity contribution in [3.8, 4) is 5.69 Å². The van der Waals surface area contributed by atoms with Crippen molar-refractivity contribution in [2.75, 3.05) is 5.32 Å². The summed E-state index contributed by atoms with van der Waals surface area (Å²) in [5.41, 5.74) is 2.37. The number of nitrogens with one attached hydrogen (secondary N) is 1. The molecular weight excluding hydrogens is 302 g/mol. The first-order valence-corrected chi connectivity index (χ1v) is 7.60. The summed E-state index contributed by atoms with van der Waals surface area (Å²) in [4.78, 5) is 4.46. The number of nitrogens with zero attached hydrogens (tertiary/aromatic N) is 2. The lowest BCUT2D eigenvalue weighted by Crippen LogP contribution is -2.17. The van der Waals surface area contributed by atoms with E-state index in [1.54, 1.807) is 0 Å². The SMILES string of the molecule is Cc1cccc(-n2ccnc2NC2CCCC2)c1Br. The molecule has 100 valence electrons. The molecule has 1 aliphatic rings. The summed E-state index contributed by atoms with van der Waals surface area (Å²) in [5.74, 6) is 0.943. The van der Waals surface area contributed by atoms with E-state index in [1.165, 1.54) is 31.2 Å². The summed E-state index contributed by atoms with van der Waals surface area (Å²) in [5, 5.41) is 3.57. The topological polar surface area (TPSA) is 29.9 Å². The Morgan fingerprint density at radius 2 is 2.11 bits per heavy atom. The summed E-state index contributed by atoms with van der Waals surface area (Å²) in [6.07, 6.45) is 9.02. The van der Waals surface area contributed by atoms with Crippen molar-refractivity contribution < 1.29 is 0 Å². The Morgan fingerprint density at radius 3 is 2.89 bits per heavy atom. The van der Waals surface area contributed by atoms with Gasteiger partial charge in [-0.15, -0.1) is 0 Å². The predicted octanol–water partition coefficient (Wildman–Crippen LogP) is 4.30. The molecule has 1 saturated carbocycles. The quantitative estimate of drug-likeness (QED) is 0.914. The molecule has 1 N–H and O–H groups in total. The lowest BCUT2D eigenvalue weighted by Gasteiger charge is -2.16. The van der Waals surface area contributed by atoms with Crippen molar-refractivity contribution in [3.05, 3.63) is 40.6 Å². The number of aromatic nitrogens is 2. The van der Waals surface area contributed by atoms with Crippen molar-refractivity contribution in [1.82, 2.24) is 9.55 Å². The van der Waals surface area contributed by atoms with Crippen LogP contribution in [-0.2, 0) is 0 Å². The van der Waals surface area contributed by atoms with E-state index in [4.69, 9.17) is 0 Å². The monoisotopic (exact) mass is 319 g/mol. The molecule has 0 amide bonds. The third kappa shape index (κ3) is 2.54. The first kappa shape index (κ1) is 12.7. The lowest BCUT2D eigenvalue weighted by molar-refractivity contribution is 0.740. The zero-order valence-electron chi connectivity index (χ0n) is 11.1. The van der Waals surface area contributed by atoms with Crippen LogP contribution in [0.3, 0.4) is 0 Å². The molecule has 0 unspecified atom stereocenters. The first-order valence-electron chi connectivity index (χ1n) is 6.81. The molecule has 3 rings (SSSR count). The van der Waals surface area contributed by atoms with Gasteiger partial charge in [0.05, 0.1) is 5.69 Å². The molecule has 3 nitrogen and oxygen atoms in total. The number of imidazole rings is 1. The number of aryl methyl sites for hydroxylation is 1. The third-order valence-electron chi connectivity index (χ3n) is 3.76. The minimum Gasteiger partial charge on any atom is -0.353 e. The van der Waals surface area contributed by atoms with Crippen LogP contribution in [0, 0.1) is 6.92 Å². The number of anilines is 1. The molecule has 19 heavy (non-hydrogen) atoms. The van der Waals surface area contributed by atoms with Gasteiger partial charge in [-0.05, 0) is 47.3 Å². The van der Waals surface area contributed by atoms with E-state index in [1.807, 2.05) is 12.4 Å². The second-order valence-electron chi connectivity index (χ2n) is 5.15. The highest BCUT2D eigenvalue weighted by Crippen LogP contribution is 2.28. The largest absolute Gasteiger partial charge is 0.353 e. The molecule has 0 radical (unpaired) electrons. The van der Waals surface area contributed by atoms with Gasteiger partial charge >= 0.3 is 0 Å². The standard InChI is InChI=1S/C15H18BrN3/c1-11-5-4-8-13(14(11)16)19-10-9-17-15(19)18-12-6-2-3-7-12/h4-5,8-10,12H,2-3,6-7H2,1H3,(H,17,18). The lowest BCUT2D eigenvalue weighted by atomic mass is 10.2. The van der Waals surface area contributed by atoms with Crippen LogP contribution < -0.4 is 5.32 Å². The van der Waals surface area contributed by atoms with Crippen LogP contribution in [0.1, 0.15) is 31.2 Å². The summed E-state index contributed by atoms with van der Waals surface area (Å²) in [6, 6.07) is 6.87. The van der Waals surface area contributed by atoms with E-state index < -0.39 is 0 Å². The van der Waals surface area contributed by atoms with E-state index in [0.29, 0.717) is 6.04 Å². The van der Waals surface area contributed by atoms with Gasteiger partial charge in [-0.2, -0.15) is 0 Å². The van der Waals surface area contributed by atoms with E-state index in [2.05, 4.69) is 55.9 Å². The fourth-order valence-corrected chi connectivity index (χ4v) is 3.13. The average molecular weight is 320 g/mol. The molecule has 0 atom stereocenters. The highest BCUT2D eigenvalue weighted by molar-refractivity contribution is 9.10. The van der Waals surface area contributed by atoms with Crippen molar-refractivity contribution in [3.63, 3.8) is 0 Å². The zero-order valence-corrected chi connectivity index (χ0v) is 12.7. The second kappa shape index (κ2) is 5.37. The van der Waals surface area contributed by atoms with Crippen LogP contribution in [0.5, 0.6) is 0 Å². The van der Waals surface area contributed by atoms with Gasteiger partial charge in [-0.25, -0.2) is 4.98 Å². The molecule has 1 heterocycles. The summed E-state index contributed by atoms with van der Waals surface area (Å²) < 4.78 is 3.25. The van der Waals surface area contributed by atoms with Crippen molar-refractivity contribution in [2.45, 2.75) is 38.6 Å². The fraction of sp³-hybridized carbons (Fsp3) is 0.400. The summed E-state index contributed by atoms with van der Waals surface area (Å²) in [7, 11) is 0. The van der Waals surface area contributed by atoms with Crippen LogP contribution in [0.2, 0.25) is 0 Å². The normalized spacial score (nSPS) is 15.9. The molecule has 0 saturated heterocycles. The number of halogens is 1. The highest BCUT2D eigenvalue weighted by atomic mass is 79.9. The molecule has 0 aliphatic heterocycles. The molecule has 4 heteroatoms. The van der Waals surface area contributed by atoms with Gasteiger partial charge in [0.25, 0.3) is 0 Å². The van der Waals surface area contributed by atoms with E-state index in [0.717, 1.165) is 16.1 Å². The van der Waals surface area contributed by atoms with Crippen LogP contribution in [0.25, 0.3) is 5.69 Å². The fourth-order valence-electron chi connectivity index (χ4n) is 2.68. The van der Waals surface area contributed by atoms with Gasteiger partial charge in [0.15, 0.2) is 0 Å². The Bertz CT molecular complexity index is 571. The predicted molar refractivity (Wildman–Crippen MR) is 81.9 cm³/mol. The smallest absolute Gasteiger partial charge is 0.207 e. The summed E-state index contributed by atoms with van der Waals surface area (Å²) >= 11 is 3.67. The molecule has 2 aromatic rings. The minimum atomic E-state index is 0.574.